The maximum Gasteiger partial charge on any atom is 0.197 e. The third kappa shape index (κ3) is 1.62. The van der Waals surface area contributed by atoms with Gasteiger partial charge in [0.2, 0.25) is 0 Å². The Balaban J connectivity index is 2.52. The van der Waals surface area contributed by atoms with Crippen LogP contribution in [0.15, 0.2) is 23.5 Å². The summed E-state index contributed by atoms with van der Waals surface area (Å²) in [7, 11) is 0. The van der Waals surface area contributed by atoms with Gasteiger partial charge < -0.3 is 5.11 Å². The topological polar surface area (TPSA) is 37.3 Å². The van der Waals surface area contributed by atoms with Crippen molar-refractivity contribution >= 4 is 5.78 Å². The van der Waals surface area contributed by atoms with Gasteiger partial charge in [0.05, 0.1) is 0 Å². The maximum absolute atomic E-state index is 11.4. The van der Waals surface area contributed by atoms with E-state index >= 15 is 0 Å². The van der Waals surface area contributed by atoms with Crippen LogP contribution >= 0.6 is 0 Å². The van der Waals surface area contributed by atoms with Crippen molar-refractivity contribution < 1.29 is 9.90 Å². The first-order valence-electron chi connectivity index (χ1n) is 5.50. The predicted molar refractivity (Wildman–Crippen MR) is 59.5 cm³/mol. The Morgan fingerprint density at radius 1 is 1.33 bits per heavy atom. The van der Waals surface area contributed by atoms with E-state index in [-0.39, 0.29) is 22.4 Å². The average molecular weight is 206 g/mol. The van der Waals surface area contributed by atoms with Crippen molar-refractivity contribution in [1.29, 1.82) is 0 Å². The highest BCUT2D eigenvalue weighted by molar-refractivity contribution is 5.95. The number of fused-ring (bicyclic) bond motifs is 1. The van der Waals surface area contributed by atoms with Crippen LogP contribution in [0, 0.1) is 10.8 Å². The van der Waals surface area contributed by atoms with Crippen LogP contribution in [-0.4, -0.2) is 10.9 Å². The molecule has 2 nitrogen and oxygen atoms in total. The number of carbonyl (C=O) groups is 1. The number of hydrogen-bond acceptors (Lipinski definition) is 2. The van der Waals surface area contributed by atoms with E-state index in [1.165, 1.54) is 0 Å². The molecular formula is C13H18O2. The number of ketones is 1. The van der Waals surface area contributed by atoms with E-state index < -0.39 is 0 Å². The summed E-state index contributed by atoms with van der Waals surface area (Å²) in [5.41, 5.74) is 0.993. The molecule has 15 heavy (non-hydrogen) atoms. The van der Waals surface area contributed by atoms with Crippen molar-refractivity contribution in [2.75, 3.05) is 0 Å². The number of aliphatic hydroxyl groups excluding tert-OH is 1. The Morgan fingerprint density at radius 3 is 2.67 bits per heavy atom. The van der Waals surface area contributed by atoms with Gasteiger partial charge in [0, 0.05) is 12.0 Å². The molecule has 0 amide bonds. The molecule has 0 aromatic carbocycles. The second kappa shape index (κ2) is 2.97. The minimum absolute atomic E-state index is 0.00417. The van der Waals surface area contributed by atoms with Crippen molar-refractivity contribution in [3.05, 3.63) is 23.5 Å². The van der Waals surface area contributed by atoms with Crippen LogP contribution in [0.1, 0.15) is 40.0 Å². The van der Waals surface area contributed by atoms with E-state index in [9.17, 15) is 9.90 Å². The Kier molecular flexibility index (Phi) is 2.07. The fourth-order valence-corrected chi connectivity index (χ4v) is 2.92. The van der Waals surface area contributed by atoms with E-state index in [0.29, 0.717) is 6.42 Å². The molecule has 2 aliphatic rings. The number of hydrogen-bond donors (Lipinski definition) is 1. The fourth-order valence-electron chi connectivity index (χ4n) is 2.92. The molecule has 2 heteroatoms. The number of rotatable bonds is 0. The third-order valence-corrected chi connectivity index (χ3v) is 3.62. The van der Waals surface area contributed by atoms with Crippen LogP contribution in [0.4, 0.5) is 0 Å². The molecule has 0 bridgehead atoms. The highest BCUT2D eigenvalue weighted by Crippen LogP contribution is 2.50. The van der Waals surface area contributed by atoms with Gasteiger partial charge in [0.25, 0.3) is 0 Å². The average Bonchev–Trinajstić information content (AvgIpc) is 2.10. The predicted octanol–water partition coefficient (Wildman–Crippen LogP) is 3.15. The standard InChI is InChI=1S/C13H18O2/c1-12(2)6-4-9-11(15)10(14)5-7-13(9,3)8-12/h4,6,15H,5,7-8H2,1-3H3/t13-/m0/s1. The highest BCUT2D eigenvalue weighted by atomic mass is 16.3. The van der Waals surface area contributed by atoms with Crippen LogP contribution < -0.4 is 0 Å². The normalized spacial score (nSPS) is 34.2. The molecule has 0 spiro atoms. The zero-order valence-electron chi connectivity index (χ0n) is 9.63. The van der Waals surface area contributed by atoms with Crippen LogP contribution in [0.2, 0.25) is 0 Å². The number of carbonyl (C=O) groups excluding carboxylic acids is 1. The molecule has 2 aliphatic carbocycles. The van der Waals surface area contributed by atoms with Gasteiger partial charge in [0.1, 0.15) is 0 Å². The van der Waals surface area contributed by atoms with Crippen LogP contribution in [0.25, 0.3) is 0 Å². The molecule has 0 aliphatic heterocycles. The van der Waals surface area contributed by atoms with Gasteiger partial charge in [-0.2, -0.15) is 0 Å². The van der Waals surface area contributed by atoms with Crippen LogP contribution in [0.3, 0.4) is 0 Å². The number of allylic oxidation sites excluding steroid dienone is 4. The first kappa shape index (κ1) is 10.5. The summed E-state index contributed by atoms with van der Waals surface area (Å²) < 4.78 is 0. The lowest BCUT2D eigenvalue weighted by Gasteiger charge is -2.43. The van der Waals surface area contributed by atoms with E-state index in [1.54, 1.807) is 0 Å². The highest BCUT2D eigenvalue weighted by Gasteiger charge is 2.42. The third-order valence-electron chi connectivity index (χ3n) is 3.62. The molecule has 0 saturated heterocycles. The first-order valence-corrected chi connectivity index (χ1v) is 5.50. The molecule has 1 atom stereocenters. The second-order valence-electron chi connectivity index (χ2n) is 5.74. The van der Waals surface area contributed by atoms with E-state index in [1.807, 2.05) is 6.08 Å². The summed E-state index contributed by atoms with van der Waals surface area (Å²) in [6.45, 7) is 6.54. The number of aliphatic hydroxyl groups is 1. The van der Waals surface area contributed by atoms with Crippen molar-refractivity contribution in [1.82, 2.24) is 0 Å². The van der Waals surface area contributed by atoms with Crippen molar-refractivity contribution in [3.8, 4) is 0 Å². The lowest BCUT2D eigenvalue weighted by atomic mass is 9.61. The Morgan fingerprint density at radius 2 is 2.00 bits per heavy atom. The van der Waals surface area contributed by atoms with Gasteiger partial charge in [-0.05, 0) is 23.7 Å². The van der Waals surface area contributed by atoms with Crippen molar-refractivity contribution in [2.45, 2.75) is 40.0 Å². The zero-order valence-corrected chi connectivity index (χ0v) is 9.63. The van der Waals surface area contributed by atoms with E-state index in [0.717, 1.165) is 18.4 Å². The molecular weight excluding hydrogens is 188 g/mol. The maximum atomic E-state index is 11.4. The SMILES string of the molecule is CC1(C)C=CC2=C(O)C(=O)CC[C@@]2(C)C1. The lowest BCUT2D eigenvalue weighted by Crippen LogP contribution is -2.35. The largest absolute Gasteiger partial charge is 0.504 e. The number of Topliss-reactive ketones (excluding diaryl/α,β-unsaturated/α-hetero) is 1. The summed E-state index contributed by atoms with van der Waals surface area (Å²) in [6.07, 6.45) is 6.38. The molecule has 1 N–H and O–H groups in total. The van der Waals surface area contributed by atoms with E-state index in [2.05, 4.69) is 26.8 Å². The molecule has 0 fully saturated rings. The van der Waals surface area contributed by atoms with Gasteiger partial charge in [0.15, 0.2) is 11.5 Å². The lowest BCUT2D eigenvalue weighted by molar-refractivity contribution is -0.119. The molecule has 0 radical (unpaired) electrons. The van der Waals surface area contributed by atoms with Crippen LogP contribution in [0.5, 0.6) is 0 Å². The summed E-state index contributed by atoms with van der Waals surface area (Å²) in [6, 6.07) is 0. The smallest absolute Gasteiger partial charge is 0.197 e. The molecule has 2 rings (SSSR count). The first-order chi connectivity index (χ1) is 6.84. The van der Waals surface area contributed by atoms with Crippen LogP contribution in [-0.2, 0) is 4.79 Å². The second-order valence-corrected chi connectivity index (χ2v) is 5.74. The van der Waals surface area contributed by atoms with Gasteiger partial charge in [-0.25, -0.2) is 0 Å². The van der Waals surface area contributed by atoms with E-state index in [4.69, 9.17) is 0 Å². The summed E-state index contributed by atoms with van der Waals surface area (Å²) >= 11 is 0. The van der Waals surface area contributed by atoms with Gasteiger partial charge in [-0.1, -0.05) is 32.9 Å². The van der Waals surface area contributed by atoms with Crippen molar-refractivity contribution in [3.63, 3.8) is 0 Å². The minimum Gasteiger partial charge on any atom is -0.504 e. The van der Waals surface area contributed by atoms with Crippen molar-refractivity contribution in [2.24, 2.45) is 10.8 Å². The molecule has 0 heterocycles. The summed E-state index contributed by atoms with van der Waals surface area (Å²) in [5, 5.41) is 9.79. The zero-order chi connectivity index (χ0) is 11.3. The quantitative estimate of drug-likeness (QED) is 0.661. The molecule has 0 saturated carbocycles. The Bertz CT molecular complexity index is 374. The van der Waals surface area contributed by atoms with Gasteiger partial charge in [-0.15, -0.1) is 0 Å². The Labute approximate surface area is 90.7 Å². The summed E-state index contributed by atoms with van der Waals surface area (Å²) in [5.74, 6) is -0.109. The minimum atomic E-state index is -0.105. The van der Waals surface area contributed by atoms with Gasteiger partial charge in [-0.3, -0.25) is 4.79 Å². The monoisotopic (exact) mass is 206 g/mol. The molecule has 0 unspecified atom stereocenters. The summed E-state index contributed by atoms with van der Waals surface area (Å²) in [4.78, 5) is 11.4. The van der Waals surface area contributed by atoms with Gasteiger partial charge >= 0.3 is 0 Å². The molecule has 82 valence electrons. The molecule has 0 aromatic heterocycles. The Hall–Kier alpha value is -1.05. The molecule has 0 aromatic rings. The fraction of sp³-hybridized carbons (Fsp3) is 0.615.